The number of thiocarbonyl (C=S) groups is 1. The summed E-state index contributed by atoms with van der Waals surface area (Å²) in [5, 5.41) is 0.245. The maximum Gasteiger partial charge on any atom is 0.271 e. The summed E-state index contributed by atoms with van der Waals surface area (Å²) in [7, 11) is 0. The molecule has 0 saturated carbocycles. The van der Waals surface area contributed by atoms with Crippen LogP contribution < -0.4 is 11.3 Å². The Morgan fingerprint density at radius 1 is 1.75 bits per heavy atom. The topological polar surface area (TPSA) is 56.5 Å². The molecule has 12 heavy (non-hydrogen) atoms. The molecule has 0 aromatic rings. The number of rotatable bonds is 2. The molecule has 4 nitrogen and oxygen atoms in total. The molecule has 0 radical (unpaired) electrons. The van der Waals surface area contributed by atoms with Crippen LogP contribution in [0, 0.1) is 11.8 Å². The highest BCUT2D eigenvalue weighted by Crippen LogP contribution is 2.19. The molecule has 1 fully saturated rings. The van der Waals surface area contributed by atoms with Gasteiger partial charge in [-0.3, -0.25) is 5.43 Å². The predicted octanol–water partition coefficient (Wildman–Crippen LogP) is 0.0337. The summed E-state index contributed by atoms with van der Waals surface area (Å²) in [6.07, 6.45) is 0. The zero-order chi connectivity index (χ0) is 8.97. The molecule has 2 atom stereocenters. The lowest BCUT2D eigenvalue weighted by Gasteiger charge is -2.13. The first-order valence-corrected chi connectivity index (χ1v) is 4.36. The van der Waals surface area contributed by atoms with Crippen molar-refractivity contribution in [2.24, 2.45) is 17.7 Å². The van der Waals surface area contributed by atoms with Gasteiger partial charge in [0.25, 0.3) is 5.17 Å². The van der Waals surface area contributed by atoms with E-state index >= 15 is 0 Å². The van der Waals surface area contributed by atoms with E-state index < -0.39 is 0 Å². The summed E-state index contributed by atoms with van der Waals surface area (Å²) in [6, 6.07) is 0. The van der Waals surface area contributed by atoms with Gasteiger partial charge in [0.05, 0.1) is 13.2 Å². The van der Waals surface area contributed by atoms with Gasteiger partial charge in [0, 0.05) is 12.5 Å². The molecule has 1 heterocycles. The normalized spacial score (nSPS) is 28.5. The van der Waals surface area contributed by atoms with E-state index in [1.165, 1.54) is 0 Å². The monoisotopic (exact) mass is 190 g/mol. The lowest BCUT2D eigenvalue weighted by molar-refractivity contribution is 0.163. The van der Waals surface area contributed by atoms with Crippen LogP contribution in [0.5, 0.6) is 0 Å². The van der Waals surface area contributed by atoms with Gasteiger partial charge in [0.15, 0.2) is 0 Å². The summed E-state index contributed by atoms with van der Waals surface area (Å²) in [5.41, 5.74) is 2.27. The minimum absolute atomic E-state index is 0.245. The molecule has 0 aromatic carbocycles. The van der Waals surface area contributed by atoms with Gasteiger partial charge in [-0.1, -0.05) is 6.92 Å². The van der Waals surface area contributed by atoms with Crippen molar-refractivity contribution in [1.29, 1.82) is 0 Å². The highest BCUT2D eigenvalue weighted by Gasteiger charge is 2.24. The fourth-order valence-electron chi connectivity index (χ4n) is 1.14. The molecule has 1 aliphatic rings. The van der Waals surface area contributed by atoms with E-state index in [4.69, 9.17) is 27.5 Å². The zero-order valence-corrected chi connectivity index (χ0v) is 7.89. The van der Waals surface area contributed by atoms with Gasteiger partial charge in [-0.05, 0) is 18.1 Å². The number of nitrogens with two attached hydrogens (primary N) is 1. The standard InChI is InChI=1S/C7H14N2O2S/c1-5-2-10-3-6(5)4-11-7(12)9-8/h5-6H,2-4,8H2,1H3,(H,9,12). The third kappa shape index (κ3) is 2.58. The van der Waals surface area contributed by atoms with Crippen molar-refractivity contribution in [3.8, 4) is 0 Å². The van der Waals surface area contributed by atoms with Crippen LogP contribution in [0.3, 0.4) is 0 Å². The first-order valence-electron chi connectivity index (χ1n) is 3.95. The number of hydrazine groups is 1. The van der Waals surface area contributed by atoms with E-state index in [1.807, 2.05) is 0 Å². The minimum Gasteiger partial charge on any atom is -0.470 e. The Hall–Kier alpha value is -0.390. The van der Waals surface area contributed by atoms with E-state index in [0.717, 1.165) is 13.2 Å². The molecule has 2 unspecified atom stereocenters. The van der Waals surface area contributed by atoms with E-state index in [9.17, 15) is 0 Å². The molecule has 3 N–H and O–H groups in total. The summed E-state index contributed by atoms with van der Waals surface area (Å²) in [4.78, 5) is 0. The van der Waals surface area contributed by atoms with Gasteiger partial charge in [-0.25, -0.2) is 5.84 Å². The second-order valence-electron chi connectivity index (χ2n) is 3.02. The van der Waals surface area contributed by atoms with Crippen LogP contribution in [0.1, 0.15) is 6.92 Å². The van der Waals surface area contributed by atoms with Crippen molar-refractivity contribution in [2.75, 3.05) is 19.8 Å². The molecule has 0 spiro atoms. The van der Waals surface area contributed by atoms with Gasteiger partial charge in [0.2, 0.25) is 0 Å². The fraction of sp³-hybridized carbons (Fsp3) is 0.857. The lowest BCUT2D eigenvalue weighted by Crippen LogP contribution is -2.32. The van der Waals surface area contributed by atoms with Crippen molar-refractivity contribution >= 4 is 17.4 Å². The second-order valence-corrected chi connectivity index (χ2v) is 3.39. The van der Waals surface area contributed by atoms with Crippen LogP contribution in [0.15, 0.2) is 0 Å². The second kappa shape index (κ2) is 4.59. The quantitative estimate of drug-likeness (QED) is 0.365. The fourth-order valence-corrected chi connectivity index (χ4v) is 1.21. The molecule has 0 aliphatic carbocycles. The van der Waals surface area contributed by atoms with Gasteiger partial charge < -0.3 is 9.47 Å². The molecule has 0 aromatic heterocycles. The van der Waals surface area contributed by atoms with Crippen molar-refractivity contribution in [2.45, 2.75) is 6.92 Å². The first kappa shape index (κ1) is 9.70. The predicted molar refractivity (Wildman–Crippen MR) is 49.3 cm³/mol. The van der Waals surface area contributed by atoms with Crippen molar-refractivity contribution in [3.05, 3.63) is 0 Å². The Morgan fingerprint density at radius 2 is 2.50 bits per heavy atom. The number of nitrogens with one attached hydrogen (secondary N) is 1. The number of hydrogen-bond acceptors (Lipinski definition) is 4. The molecule has 0 bridgehead atoms. The van der Waals surface area contributed by atoms with Gasteiger partial charge in [0.1, 0.15) is 0 Å². The van der Waals surface area contributed by atoms with Crippen LogP contribution in [-0.4, -0.2) is 25.0 Å². The highest BCUT2D eigenvalue weighted by atomic mass is 32.1. The number of hydrogen-bond donors (Lipinski definition) is 2. The minimum atomic E-state index is 0.245. The van der Waals surface area contributed by atoms with Crippen molar-refractivity contribution in [3.63, 3.8) is 0 Å². The number of ether oxygens (including phenoxy) is 2. The van der Waals surface area contributed by atoms with Crippen LogP contribution in [-0.2, 0) is 9.47 Å². The van der Waals surface area contributed by atoms with Crippen LogP contribution in [0.25, 0.3) is 0 Å². The Kier molecular flexibility index (Phi) is 3.71. The van der Waals surface area contributed by atoms with Crippen LogP contribution in [0.4, 0.5) is 0 Å². The zero-order valence-electron chi connectivity index (χ0n) is 7.08. The van der Waals surface area contributed by atoms with Gasteiger partial charge in [-0.2, -0.15) is 0 Å². The Morgan fingerprint density at radius 3 is 3.00 bits per heavy atom. The highest BCUT2D eigenvalue weighted by molar-refractivity contribution is 7.80. The molecule has 1 saturated heterocycles. The molecule has 0 amide bonds. The van der Waals surface area contributed by atoms with E-state index in [-0.39, 0.29) is 5.17 Å². The summed E-state index contributed by atoms with van der Waals surface area (Å²) >= 11 is 4.73. The molecule has 1 rings (SSSR count). The molecule has 5 heteroatoms. The maximum atomic E-state index is 5.26. The van der Waals surface area contributed by atoms with E-state index in [2.05, 4.69) is 12.3 Å². The third-order valence-corrected chi connectivity index (χ3v) is 2.30. The Balaban J connectivity index is 2.18. The summed E-state index contributed by atoms with van der Waals surface area (Å²) in [5.74, 6) is 6.03. The maximum absolute atomic E-state index is 5.26. The molecular formula is C7H14N2O2S. The average Bonchev–Trinajstić information content (AvgIpc) is 2.47. The molecule has 1 aliphatic heterocycles. The largest absolute Gasteiger partial charge is 0.470 e. The van der Waals surface area contributed by atoms with Crippen LogP contribution >= 0.6 is 12.2 Å². The van der Waals surface area contributed by atoms with E-state index in [1.54, 1.807) is 0 Å². The van der Waals surface area contributed by atoms with E-state index in [0.29, 0.717) is 18.4 Å². The Bertz CT molecular complexity index is 165. The van der Waals surface area contributed by atoms with Gasteiger partial charge in [-0.15, -0.1) is 0 Å². The molecular weight excluding hydrogens is 176 g/mol. The van der Waals surface area contributed by atoms with Gasteiger partial charge >= 0.3 is 0 Å². The average molecular weight is 190 g/mol. The SMILES string of the molecule is CC1COCC1COC(=S)NN. The smallest absolute Gasteiger partial charge is 0.271 e. The molecule has 70 valence electrons. The lowest BCUT2D eigenvalue weighted by atomic mass is 10.00. The third-order valence-electron chi connectivity index (χ3n) is 2.06. The van der Waals surface area contributed by atoms with Crippen LogP contribution in [0.2, 0.25) is 0 Å². The van der Waals surface area contributed by atoms with Crippen molar-refractivity contribution in [1.82, 2.24) is 5.43 Å². The summed E-state index contributed by atoms with van der Waals surface area (Å²) in [6.45, 7) is 4.30. The first-order chi connectivity index (χ1) is 5.74. The Labute approximate surface area is 77.4 Å². The van der Waals surface area contributed by atoms with Crippen molar-refractivity contribution < 1.29 is 9.47 Å². The summed E-state index contributed by atoms with van der Waals surface area (Å²) < 4.78 is 10.4.